The molecule has 1 fully saturated rings. The number of nitrogens with one attached hydrogen (secondary N) is 1. The van der Waals surface area contributed by atoms with Gasteiger partial charge in [0.15, 0.2) is 11.6 Å². The number of ether oxygens (including phenoxy) is 1. The first kappa shape index (κ1) is 14.9. The van der Waals surface area contributed by atoms with Crippen LogP contribution in [0.5, 0.6) is 5.75 Å². The predicted molar refractivity (Wildman–Crippen MR) is 82.5 cm³/mol. The molecular formula is C15H26N4O. The molecule has 0 atom stereocenters. The molecule has 0 radical (unpaired) electrons. The van der Waals surface area contributed by atoms with Crippen LogP contribution in [0.2, 0.25) is 0 Å². The highest BCUT2D eigenvalue weighted by atomic mass is 16.5. The minimum atomic E-state index is 0.387. The van der Waals surface area contributed by atoms with E-state index in [4.69, 9.17) is 4.74 Å². The Bertz CT molecular complexity index is 448. The molecule has 20 heavy (non-hydrogen) atoms. The van der Waals surface area contributed by atoms with E-state index >= 15 is 0 Å². The third-order valence-electron chi connectivity index (χ3n) is 4.25. The lowest BCUT2D eigenvalue weighted by Gasteiger charge is -2.39. The zero-order valence-electron chi connectivity index (χ0n) is 13.2. The zero-order valence-corrected chi connectivity index (χ0v) is 13.2. The summed E-state index contributed by atoms with van der Waals surface area (Å²) in [4.78, 5) is 10.9. The standard InChI is InChI=1S/C15H26N4O/c1-15(2,3)11-6-8-19(9-7-11)14-12(20-5)13(16-4)17-10-18-14/h10-11H,6-9H2,1-5H3,(H,16,17,18). The SMILES string of the molecule is CNc1ncnc(N2CCC(C(C)(C)C)CC2)c1OC. The summed E-state index contributed by atoms with van der Waals surface area (Å²) >= 11 is 0. The average Bonchev–Trinajstić information content (AvgIpc) is 2.45. The Morgan fingerprint density at radius 1 is 1.25 bits per heavy atom. The molecule has 1 aliphatic rings. The normalized spacial score (nSPS) is 17.1. The molecule has 0 aliphatic carbocycles. The third-order valence-corrected chi connectivity index (χ3v) is 4.25. The molecule has 112 valence electrons. The first-order valence-electron chi connectivity index (χ1n) is 7.29. The van der Waals surface area contributed by atoms with Crippen LogP contribution in [0.25, 0.3) is 0 Å². The summed E-state index contributed by atoms with van der Waals surface area (Å²) in [5.74, 6) is 3.16. The predicted octanol–water partition coefficient (Wildman–Crippen LogP) is 2.79. The zero-order chi connectivity index (χ0) is 14.8. The van der Waals surface area contributed by atoms with Crippen LogP contribution in [0, 0.1) is 11.3 Å². The second-order valence-corrected chi connectivity index (χ2v) is 6.46. The second-order valence-electron chi connectivity index (χ2n) is 6.46. The molecule has 0 saturated carbocycles. The number of piperidine rings is 1. The van der Waals surface area contributed by atoms with Gasteiger partial charge in [-0.25, -0.2) is 9.97 Å². The van der Waals surface area contributed by atoms with Gasteiger partial charge < -0.3 is 15.0 Å². The Morgan fingerprint density at radius 2 is 1.90 bits per heavy atom. The van der Waals surface area contributed by atoms with Crippen molar-refractivity contribution in [3.63, 3.8) is 0 Å². The number of rotatable bonds is 3. The van der Waals surface area contributed by atoms with Crippen molar-refractivity contribution in [3.05, 3.63) is 6.33 Å². The minimum Gasteiger partial charge on any atom is -0.490 e. The van der Waals surface area contributed by atoms with Crippen LogP contribution >= 0.6 is 0 Å². The number of aromatic nitrogens is 2. The molecule has 2 rings (SSSR count). The number of anilines is 2. The molecule has 0 aromatic carbocycles. The van der Waals surface area contributed by atoms with Crippen molar-refractivity contribution in [1.82, 2.24) is 9.97 Å². The van der Waals surface area contributed by atoms with E-state index < -0.39 is 0 Å². The number of hydrogen-bond acceptors (Lipinski definition) is 5. The summed E-state index contributed by atoms with van der Waals surface area (Å²) in [5.41, 5.74) is 0.387. The van der Waals surface area contributed by atoms with Gasteiger partial charge in [-0.3, -0.25) is 0 Å². The second kappa shape index (κ2) is 5.85. The van der Waals surface area contributed by atoms with Gasteiger partial charge >= 0.3 is 0 Å². The van der Waals surface area contributed by atoms with Crippen LogP contribution in [0.1, 0.15) is 33.6 Å². The van der Waals surface area contributed by atoms with Crippen LogP contribution in [-0.4, -0.2) is 37.2 Å². The minimum absolute atomic E-state index is 0.387. The maximum absolute atomic E-state index is 5.49. The Kier molecular flexibility index (Phi) is 4.35. The van der Waals surface area contributed by atoms with E-state index in [0.29, 0.717) is 5.41 Å². The smallest absolute Gasteiger partial charge is 0.204 e. The van der Waals surface area contributed by atoms with Gasteiger partial charge in [0.25, 0.3) is 0 Å². The fourth-order valence-electron chi connectivity index (χ4n) is 2.91. The molecule has 5 heteroatoms. The van der Waals surface area contributed by atoms with E-state index in [1.807, 2.05) is 7.05 Å². The van der Waals surface area contributed by atoms with Gasteiger partial charge in [0.1, 0.15) is 6.33 Å². The summed E-state index contributed by atoms with van der Waals surface area (Å²) < 4.78 is 5.49. The lowest BCUT2D eigenvalue weighted by atomic mass is 9.75. The van der Waals surface area contributed by atoms with Crippen molar-refractivity contribution in [2.75, 3.05) is 37.5 Å². The molecule has 2 heterocycles. The van der Waals surface area contributed by atoms with Gasteiger partial charge in [0, 0.05) is 20.1 Å². The van der Waals surface area contributed by atoms with Crippen molar-refractivity contribution >= 4 is 11.6 Å². The Labute approximate surface area is 121 Å². The summed E-state index contributed by atoms with van der Waals surface area (Å²) in [6.45, 7) is 9.05. The van der Waals surface area contributed by atoms with E-state index in [0.717, 1.165) is 36.4 Å². The average molecular weight is 278 g/mol. The van der Waals surface area contributed by atoms with Crippen molar-refractivity contribution in [1.29, 1.82) is 0 Å². The van der Waals surface area contributed by atoms with Crippen LogP contribution in [0.3, 0.4) is 0 Å². The molecule has 1 N–H and O–H groups in total. The lowest BCUT2D eigenvalue weighted by molar-refractivity contribution is 0.198. The molecular weight excluding hydrogens is 252 g/mol. The fourth-order valence-corrected chi connectivity index (χ4v) is 2.91. The van der Waals surface area contributed by atoms with E-state index in [-0.39, 0.29) is 0 Å². The first-order valence-corrected chi connectivity index (χ1v) is 7.29. The third kappa shape index (κ3) is 2.97. The fraction of sp³-hybridized carbons (Fsp3) is 0.733. The van der Waals surface area contributed by atoms with Crippen LogP contribution < -0.4 is 15.0 Å². The summed E-state index contributed by atoms with van der Waals surface area (Å²) in [5, 5.41) is 3.06. The van der Waals surface area contributed by atoms with Crippen molar-refractivity contribution in [2.24, 2.45) is 11.3 Å². The largest absolute Gasteiger partial charge is 0.490 e. The molecule has 1 aromatic heterocycles. The molecule has 0 unspecified atom stereocenters. The Balaban J connectivity index is 2.15. The molecule has 0 bridgehead atoms. The van der Waals surface area contributed by atoms with Gasteiger partial charge in [-0.1, -0.05) is 20.8 Å². The van der Waals surface area contributed by atoms with Gasteiger partial charge in [0.05, 0.1) is 7.11 Å². The maximum Gasteiger partial charge on any atom is 0.204 e. The first-order chi connectivity index (χ1) is 9.47. The highest BCUT2D eigenvalue weighted by molar-refractivity contribution is 5.64. The molecule has 5 nitrogen and oxygen atoms in total. The number of nitrogens with zero attached hydrogens (tertiary/aromatic N) is 3. The summed E-state index contributed by atoms with van der Waals surface area (Å²) in [6, 6.07) is 0. The maximum atomic E-state index is 5.49. The van der Waals surface area contributed by atoms with Crippen molar-refractivity contribution < 1.29 is 4.74 Å². The summed E-state index contributed by atoms with van der Waals surface area (Å²) in [6.07, 6.45) is 4.00. The van der Waals surface area contributed by atoms with E-state index in [9.17, 15) is 0 Å². The van der Waals surface area contributed by atoms with Crippen molar-refractivity contribution in [3.8, 4) is 5.75 Å². The Hall–Kier alpha value is -1.52. The van der Waals surface area contributed by atoms with Crippen LogP contribution in [0.4, 0.5) is 11.6 Å². The van der Waals surface area contributed by atoms with E-state index in [1.165, 1.54) is 12.8 Å². The molecule has 0 spiro atoms. The molecule has 0 amide bonds. The number of hydrogen-bond donors (Lipinski definition) is 1. The topological polar surface area (TPSA) is 50.3 Å². The quantitative estimate of drug-likeness (QED) is 0.921. The van der Waals surface area contributed by atoms with Gasteiger partial charge in [0.2, 0.25) is 5.75 Å². The highest BCUT2D eigenvalue weighted by Crippen LogP contribution is 2.38. The molecule has 1 saturated heterocycles. The Morgan fingerprint density at radius 3 is 2.40 bits per heavy atom. The van der Waals surface area contributed by atoms with Crippen molar-refractivity contribution in [2.45, 2.75) is 33.6 Å². The highest BCUT2D eigenvalue weighted by Gasteiger charge is 2.30. The van der Waals surface area contributed by atoms with Gasteiger partial charge in [-0.15, -0.1) is 0 Å². The van der Waals surface area contributed by atoms with Crippen LogP contribution in [0.15, 0.2) is 6.33 Å². The van der Waals surface area contributed by atoms with E-state index in [2.05, 4.69) is 41.0 Å². The van der Waals surface area contributed by atoms with Gasteiger partial charge in [-0.05, 0) is 24.2 Å². The van der Waals surface area contributed by atoms with Crippen LogP contribution in [-0.2, 0) is 0 Å². The summed E-state index contributed by atoms with van der Waals surface area (Å²) in [7, 11) is 3.52. The monoisotopic (exact) mass is 278 g/mol. The number of methoxy groups -OCH3 is 1. The van der Waals surface area contributed by atoms with E-state index in [1.54, 1.807) is 13.4 Å². The molecule has 1 aliphatic heterocycles. The van der Waals surface area contributed by atoms with Gasteiger partial charge in [-0.2, -0.15) is 0 Å². The lowest BCUT2D eigenvalue weighted by Crippen LogP contribution is -2.38. The molecule has 1 aromatic rings.